The van der Waals surface area contributed by atoms with Crippen LogP contribution in [-0.2, 0) is 35.4 Å². The predicted molar refractivity (Wildman–Crippen MR) is 150 cm³/mol. The molecule has 1 aromatic heterocycles. The number of amides is 1. The van der Waals surface area contributed by atoms with Gasteiger partial charge in [-0.3, -0.25) is 9.59 Å². The number of ether oxygens (including phenoxy) is 1. The van der Waals surface area contributed by atoms with Crippen LogP contribution >= 0.6 is 0 Å². The van der Waals surface area contributed by atoms with E-state index < -0.39 is 5.97 Å². The number of carbonyl (C=O) groups is 2. The van der Waals surface area contributed by atoms with Crippen molar-refractivity contribution >= 4 is 11.9 Å². The minimum atomic E-state index is -0.857. The maximum atomic E-state index is 12.5. The summed E-state index contributed by atoms with van der Waals surface area (Å²) in [6.45, 7) is 2.62. The first-order valence-corrected chi connectivity index (χ1v) is 13.3. The molecule has 0 saturated carbocycles. The first-order valence-electron chi connectivity index (χ1n) is 13.3. The zero-order valence-electron chi connectivity index (χ0n) is 22.2. The summed E-state index contributed by atoms with van der Waals surface area (Å²) in [6, 6.07) is 25.5. The second-order valence-corrected chi connectivity index (χ2v) is 9.43. The molecule has 3 aromatic carbocycles. The zero-order valence-corrected chi connectivity index (χ0v) is 22.2. The number of carboxylic acid groups (broad SMARTS) is 1. The number of rotatable bonds is 14. The second kappa shape index (κ2) is 14.0. The maximum Gasteiger partial charge on any atom is 0.303 e. The lowest BCUT2D eigenvalue weighted by molar-refractivity contribution is -0.137. The number of hydrogen-bond acceptors (Lipinski definition) is 5. The van der Waals surface area contributed by atoms with Crippen molar-refractivity contribution in [3.8, 4) is 17.2 Å². The van der Waals surface area contributed by atoms with E-state index in [-0.39, 0.29) is 12.3 Å². The van der Waals surface area contributed by atoms with Gasteiger partial charge < -0.3 is 19.6 Å². The molecule has 0 spiro atoms. The number of aryl methyl sites for hydroxylation is 3. The molecule has 4 aromatic rings. The molecule has 0 aliphatic carbocycles. The average molecular weight is 527 g/mol. The summed E-state index contributed by atoms with van der Waals surface area (Å²) in [5, 5.41) is 12.1. The number of aliphatic carboxylic acids is 1. The van der Waals surface area contributed by atoms with Gasteiger partial charge >= 0.3 is 5.97 Å². The van der Waals surface area contributed by atoms with Gasteiger partial charge in [-0.1, -0.05) is 54.6 Å². The monoisotopic (exact) mass is 526 g/mol. The number of carboxylic acids is 1. The molecule has 0 bridgehead atoms. The summed E-state index contributed by atoms with van der Waals surface area (Å²) in [6.07, 6.45) is 3.02. The van der Waals surface area contributed by atoms with Crippen LogP contribution in [0.25, 0.3) is 11.5 Å². The van der Waals surface area contributed by atoms with Gasteiger partial charge in [-0.05, 0) is 67.1 Å². The molecule has 39 heavy (non-hydrogen) atoms. The third-order valence-corrected chi connectivity index (χ3v) is 6.50. The Labute approximate surface area is 228 Å². The first kappa shape index (κ1) is 27.6. The largest absolute Gasteiger partial charge is 0.493 e. The normalized spacial score (nSPS) is 10.8. The van der Waals surface area contributed by atoms with Gasteiger partial charge in [0.2, 0.25) is 11.8 Å². The number of aromatic nitrogens is 1. The van der Waals surface area contributed by atoms with Crippen molar-refractivity contribution in [2.45, 2.75) is 52.0 Å². The Balaban J connectivity index is 1.33. The molecule has 0 fully saturated rings. The lowest BCUT2D eigenvalue weighted by atomic mass is 10.0. The molecule has 4 rings (SSSR count). The van der Waals surface area contributed by atoms with E-state index in [9.17, 15) is 9.59 Å². The van der Waals surface area contributed by atoms with Crippen molar-refractivity contribution < 1.29 is 23.8 Å². The van der Waals surface area contributed by atoms with Gasteiger partial charge in [0.05, 0.1) is 12.3 Å². The van der Waals surface area contributed by atoms with E-state index in [4.69, 9.17) is 14.3 Å². The molecule has 0 aliphatic heterocycles. The van der Waals surface area contributed by atoms with Crippen LogP contribution in [0.4, 0.5) is 0 Å². The number of hydrogen-bond donors (Lipinski definition) is 2. The number of nitrogens with one attached hydrogen (secondary N) is 1. The first-order chi connectivity index (χ1) is 19.0. The number of carbonyl (C=O) groups excluding carboxylic acids is 1. The van der Waals surface area contributed by atoms with Crippen LogP contribution in [0.15, 0.2) is 83.3 Å². The molecule has 202 valence electrons. The third-order valence-electron chi connectivity index (χ3n) is 6.50. The quantitative estimate of drug-likeness (QED) is 0.211. The van der Waals surface area contributed by atoms with Crippen LogP contribution in [0, 0.1) is 6.92 Å². The molecule has 7 heteroatoms. The Bertz CT molecular complexity index is 1370. The highest BCUT2D eigenvalue weighted by atomic mass is 16.5. The van der Waals surface area contributed by atoms with Crippen LogP contribution in [-0.4, -0.2) is 28.6 Å². The molecule has 0 atom stereocenters. The van der Waals surface area contributed by atoms with Crippen molar-refractivity contribution in [2.75, 3.05) is 6.61 Å². The molecule has 7 nitrogen and oxygen atoms in total. The molecule has 1 heterocycles. The molecule has 1 amide bonds. The smallest absolute Gasteiger partial charge is 0.303 e. The fourth-order valence-corrected chi connectivity index (χ4v) is 4.35. The zero-order chi connectivity index (χ0) is 27.5. The minimum Gasteiger partial charge on any atom is -0.493 e. The van der Waals surface area contributed by atoms with Crippen LogP contribution in [0.2, 0.25) is 0 Å². The van der Waals surface area contributed by atoms with E-state index in [1.54, 1.807) is 0 Å². The second-order valence-electron chi connectivity index (χ2n) is 9.43. The van der Waals surface area contributed by atoms with Crippen LogP contribution in [0.3, 0.4) is 0 Å². The van der Waals surface area contributed by atoms with E-state index in [0.717, 1.165) is 41.0 Å². The van der Waals surface area contributed by atoms with E-state index in [1.807, 2.05) is 73.7 Å². The molecular weight excluding hydrogens is 492 g/mol. The van der Waals surface area contributed by atoms with Gasteiger partial charge in [0, 0.05) is 31.4 Å². The highest BCUT2D eigenvalue weighted by Crippen LogP contribution is 2.23. The molecular formula is C32H34N2O5. The van der Waals surface area contributed by atoms with Crippen molar-refractivity contribution in [3.05, 3.63) is 107 Å². The Hall–Kier alpha value is -4.39. The summed E-state index contributed by atoms with van der Waals surface area (Å²) in [5.41, 5.74) is 4.72. The average Bonchev–Trinajstić information content (AvgIpc) is 3.32. The molecule has 0 saturated heterocycles. The number of benzene rings is 3. The van der Waals surface area contributed by atoms with Gasteiger partial charge in [0.15, 0.2) is 0 Å². The molecule has 0 unspecified atom stereocenters. The molecule has 0 radical (unpaired) electrons. The summed E-state index contributed by atoms with van der Waals surface area (Å²) in [4.78, 5) is 28.2. The van der Waals surface area contributed by atoms with Gasteiger partial charge in [-0.15, -0.1) is 0 Å². The van der Waals surface area contributed by atoms with E-state index >= 15 is 0 Å². The van der Waals surface area contributed by atoms with Gasteiger partial charge in [-0.2, -0.15) is 0 Å². The summed E-state index contributed by atoms with van der Waals surface area (Å²) >= 11 is 0. The van der Waals surface area contributed by atoms with Crippen molar-refractivity contribution in [2.24, 2.45) is 0 Å². The van der Waals surface area contributed by atoms with Gasteiger partial charge in [0.25, 0.3) is 0 Å². The summed E-state index contributed by atoms with van der Waals surface area (Å²) in [7, 11) is 0. The lowest BCUT2D eigenvalue weighted by Crippen LogP contribution is -2.23. The van der Waals surface area contributed by atoms with Gasteiger partial charge in [-0.25, -0.2) is 4.98 Å². The lowest BCUT2D eigenvalue weighted by Gasteiger charge is -2.13. The van der Waals surface area contributed by atoms with Gasteiger partial charge in [0.1, 0.15) is 11.5 Å². The Kier molecular flexibility index (Phi) is 9.89. The molecule has 2 N–H and O–H groups in total. The minimum absolute atomic E-state index is 0.0212. The third kappa shape index (κ3) is 8.57. The number of oxazole rings is 1. The topological polar surface area (TPSA) is 102 Å². The van der Waals surface area contributed by atoms with E-state index in [2.05, 4.69) is 22.4 Å². The van der Waals surface area contributed by atoms with Crippen molar-refractivity contribution in [1.29, 1.82) is 0 Å². The van der Waals surface area contributed by atoms with E-state index in [1.165, 1.54) is 5.56 Å². The fourth-order valence-electron chi connectivity index (χ4n) is 4.35. The Morgan fingerprint density at radius 3 is 2.38 bits per heavy atom. The number of nitrogens with zero attached hydrogens (tertiary/aromatic N) is 1. The summed E-state index contributed by atoms with van der Waals surface area (Å²) < 4.78 is 11.8. The standard InChI is InChI=1S/C32H34N2O5/c1-23-29(34-32(39-23)26-12-6-3-7-13-26)19-20-38-28-17-15-25(16-18-31(36)37)27(21-28)22-33-30(35)14-8-11-24-9-4-2-5-10-24/h2-7,9-10,12-13,15,17,21H,8,11,14,16,18-20,22H2,1H3,(H,33,35)(H,36,37). The highest BCUT2D eigenvalue weighted by molar-refractivity contribution is 5.76. The SMILES string of the molecule is Cc1oc(-c2ccccc2)nc1CCOc1ccc(CCC(=O)O)c(CNC(=O)CCCc2ccccc2)c1. The predicted octanol–water partition coefficient (Wildman–Crippen LogP) is 5.93. The Morgan fingerprint density at radius 2 is 1.64 bits per heavy atom. The van der Waals surface area contributed by atoms with Crippen LogP contribution < -0.4 is 10.1 Å². The maximum absolute atomic E-state index is 12.5. The Morgan fingerprint density at radius 1 is 0.897 bits per heavy atom. The van der Waals surface area contributed by atoms with E-state index in [0.29, 0.717) is 44.1 Å². The highest BCUT2D eigenvalue weighted by Gasteiger charge is 2.13. The summed E-state index contributed by atoms with van der Waals surface area (Å²) in [5.74, 6) is 1.12. The van der Waals surface area contributed by atoms with Crippen molar-refractivity contribution in [3.63, 3.8) is 0 Å². The van der Waals surface area contributed by atoms with Crippen LogP contribution in [0.5, 0.6) is 5.75 Å². The fraction of sp³-hybridized carbons (Fsp3) is 0.281. The van der Waals surface area contributed by atoms with Crippen LogP contribution in [0.1, 0.15) is 47.4 Å². The van der Waals surface area contributed by atoms with Crippen molar-refractivity contribution in [1.82, 2.24) is 10.3 Å². The molecule has 0 aliphatic rings.